The number of anilines is 1. The maximum Gasteiger partial charge on any atom is 0.291 e. The number of nitrogens with zero attached hydrogens (tertiary/aromatic N) is 1. The van der Waals surface area contributed by atoms with E-state index in [-0.39, 0.29) is 28.4 Å². The molecule has 1 aliphatic heterocycles. The van der Waals surface area contributed by atoms with Gasteiger partial charge in [0.25, 0.3) is 5.95 Å². The highest BCUT2D eigenvalue weighted by molar-refractivity contribution is 5.59. The van der Waals surface area contributed by atoms with Crippen LogP contribution in [0.5, 0.6) is 5.95 Å². The van der Waals surface area contributed by atoms with Gasteiger partial charge in [-0.05, 0) is 56.5 Å². The molecule has 3 rings (SSSR count). The predicted molar refractivity (Wildman–Crippen MR) is 110 cm³/mol. The van der Waals surface area contributed by atoms with Crippen molar-refractivity contribution in [1.82, 2.24) is 0 Å². The summed E-state index contributed by atoms with van der Waals surface area (Å²) in [6.07, 6.45) is 4.99. The minimum Gasteiger partial charge on any atom is -0.733 e. The summed E-state index contributed by atoms with van der Waals surface area (Å²) >= 11 is 0. The van der Waals surface area contributed by atoms with Crippen molar-refractivity contribution >= 4 is 11.8 Å². The third-order valence-corrected chi connectivity index (χ3v) is 4.88. The van der Waals surface area contributed by atoms with Gasteiger partial charge in [-0.15, -0.1) is 0 Å². The van der Waals surface area contributed by atoms with E-state index in [4.69, 9.17) is 19.1 Å². The molecule has 0 saturated carbocycles. The molecule has 1 aromatic carbocycles. The lowest BCUT2D eigenvalue weighted by molar-refractivity contribution is 0.127. The molecular weight excluding hydrogens is 374 g/mol. The fourth-order valence-corrected chi connectivity index (χ4v) is 3.36. The molecule has 0 aliphatic carbocycles. The summed E-state index contributed by atoms with van der Waals surface area (Å²) in [5.41, 5.74) is 2.93. The van der Waals surface area contributed by atoms with Gasteiger partial charge >= 0.3 is 0 Å². The Labute approximate surface area is 169 Å². The van der Waals surface area contributed by atoms with Crippen LogP contribution >= 0.6 is 0 Å². The van der Waals surface area contributed by atoms with Crippen LogP contribution in [-0.2, 0) is 4.74 Å². The molecule has 2 aromatic rings. The van der Waals surface area contributed by atoms with Crippen molar-refractivity contribution in [3.63, 3.8) is 0 Å². The van der Waals surface area contributed by atoms with Crippen molar-refractivity contribution in [2.75, 3.05) is 12.3 Å². The Morgan fingerprint density at radius 1 is 1.28 bits per heavy atom. The molecule has 1 saturated heterocycles. The first kappa shape index (κ1) is 20.7. The van der Waals surface area contributed by atoms with Crippen LogP contribution in [0.2, 0.25) is 0 Å². The first-order valence-corrected chi connectivity index (χ1v) is 9.30. The summed E-state index contributed by atoms with van der Waals surface area (Å²) in [6, 6.07) is 6.56. The quantitative estimate of drug-likeness (QED) is 0.723. The standard InChI is InChI=1S/C22H24NO6/c1-13(11-16-5-7-17(8-6-16)23(25)26)12-18-9-10-19(28-18)21-14(2)20(24)15(3)22(27-4)29-21/h5-8,11-12,19,25H,9-10H2,1-4H3/q-1. The Kier molecular flexibility index (Phi) is 6.10. The first-order valence-electron chi connectivity index (χ1n) is 9.30. The molecule has 1 aromatic heterocycles. The molecule has 0 radical (unpaired) electrons. The fraction of sp³-hybridized carbons (Fsp3) is 0.318. The van der Waals surface area contributed by atoms with Crippen LogP contribution in [-0.4, -0.2) is 12.3 Å². The van der Waals surface area contributed by atoms with Crippen molar-refractivity contribution in [2.24, 2.45) is 0 Å². The van der Waals surface area contributed by atoms with E-state index in [1.165, 1.54) is 19.2 Å². The first-order chi connectivity index (χ1) is 13.8. The summed E-state index contributed by atoms with van der Waals surface area (Å²) in [6.45, 7) is 5.37. The summed E-state index contributed by atoms with van der Waals surface area (Å²) in [7, 11) is 1.47. The highest BCUT2D eigenvalue weighted by Crippen LogP contribution is 2.38. The van der Waals surface area contributed by atoms with Crippen LogP contribution in [0.1, 0.15) is 48.3 Å². The lowest BCUT2D eigenvalue weighted by Crippen LogP contribution is -2.15. The average Bonchev–Trinajstić information content (AvgIpc) is 3.14. The molecule has 1 aliphatic rings. The molecule has 7 nitrogen and oxygen atoms in total. The molecular formula is C22H24NO6-. The van der Waals surface area contributed by atoms with E-state index in [1.807, 2.05) is 19.1 Å². The Balaban J connectivity index is 1.77. The summed E-state index contributed by atoms with van der Waals surface area (Å²) in [5.74, 6) is 1.53. The fourth-order valence-electron chi connectivity index (χ4n) is 3.36. The number of hydrogen-bond acceptors (Lipinski definition) is 7. The van der Waals surface area contributed by atoms with Gasteiger partial charge in [0.05, 0.1) is 24.1 Å². The second-order valence-corrected chi connectivity index (χ2v) is 7.05. The lowest BCUT2D eigenvalue weighted by Gasteiger charge is -2.21. The largest absolute Gasteiger partial charge is 0.733 e. The number of rotatable bonds is 5. The van der Waals surface area contributed by atoms with Crippen LogP contribution in [0.3, 0.4) is 0 Å². The van der Waals surface area contributed by atoms with Crippen LogP contribution in [0.15, 0.2) is 50.9 Å². The molecule has 29 heavy (non-hydrogen) atoms. The van der Waals surface area contributed by atoms with Gasteiger partial charge in [-0.25, -0.2) is 0 Å². The highest BCUT2D eigenvalue weighted by Gasteiger charge is 2.28. The Morgan fingerprint density at radius 2 is 1.97 bits per heavy atom. The molecule has 154 valence electrons. The van der Waals surface area contributed by atoms with Crippen molar-refractivity contribution < 1.29 is 19.1 Å². The monoisotopic (exact) mass is 398 g/mol. The third kappa shape index (κ3) is 4.52. The van der Waals surface area contributed by atoms with Gasteiger partial charge in [-0.2, -0.15) is 0 Å². The van der Waals surface area contributed by atoms with E-state index in [0.29, 0.717) is 23.3 Å². The van der Waals surface area contributed by atoms with E-state index in [9.17, 15) is 10.0 Å². The Bertz CT molecular complexity index is 1000. The number of hydrogen-bond donors (Lipinski definition) is 1. The van der Waals surface area contributed by atoms with Gasteiger partial charge in [0.15, 0.2) is 17.3 Å². The maximum absolute atomic E-state index is 12.4. The Morgan fingerprint density at radius 3 is 2.59 bits per heavy atom. The SMILES string of the molecule is COc1oc(C2CCC(=CC(C)=Cc3ccc(N([O-])O)cc3)O2)c(C)c(=O)c1C. The molecule has 1 unspecified atom stereocenters. The van der Waals surface area contributed by atoms with Crippen molar-refractivity contribution in [2.45, 2.75) is 39.7 Å². The molecule has 1 N–H and O–H groups in total. The molecule has 1 fully saturated rings. The van der Waals surface area contributed by atoms with E-state index in [0.717, 1.165) is 23.3 Å². The average molecular weight is 398 g/mol. The topological polar surface area (TPSA) is 95.2 Å². The second-order valence-electron chi connectivity index (χ2n) is 7.05. The van der Waals surface area contributed by atoms with Crippen molar-refractivity contribution in [1.29, 1.82) is 0 Å². The molecule has 0 spiro atoms. The van der Waals surface area contributed by atoms with Gasteiger partial charge < -0.3 is 24.3 Å². The van der Waals surface area contributed by atoms with Gasteiger partial charge in [0, 0.05) is 12.0 Å². The summed E-state index contributed by atoms with van der Waals surface area (Å²) in [4.78, 5) is 12.4. The van der Waals surface area contributed by atoms with E-state index in [1.54, 1.807) is 26.0 Å². The lowest BCUT2D eigenvalue weighted by atomic mass is 10.1. The van der Waals surface area contributed by atoms with Gasteiger partial charge in [0.1, 0.15) is 0 Å². The van der Waals surface area contributed by atoms with E-state index in [2.05, 4.69) is 0 Å². The molecule has 7 heteroatoms. The molecule has 0 bridgehead atoms. The zero-order valence-electron chi connectivity index (χ0n) is 16.9. The number of ether oxygens (including phenoxy) is 2. The van der Waals surface area contributed by atoms with Crippen molar-refractivity contribution in [3.8, 4) is 5.95 Å². The predicted octanol–water partition coefficient (Wildman–Crippen LogP) is 4.80. The number of benzene rings is 1. The van der Waals surface area contributed by atoms with Crippen LogP contribution in [0, 0.1) is 19.1 Å². The molecule has 0 amide bonds. The van der Waals surface area contributed by atoms with E-state index < -0.39 is 0 Å². The Hall–Kier alpha value is -3.03. The van der Waals surface area contributed by atoms with Crippen LogP contribution < -0.4 is 15.4 Å². The second kappa shape index (κ2) is 8.55. The number of methoxy groups -OCH3 is 1. The summed E-state index contributed by atoms with van der Waals surface area (Å²) < 4.78 is 17.0. The minimum atomic E-state index is -0.330. The van der Waals surface area contributed by atoms with Crippen molar-refractivity contribution in [3.05, 3.63) is 79.6 Å². The minimum absolute atomic E-state index is 0.0943. The maximum atomic E-state index is 12.4. The molecule has 2 heterocycles. The zero-order valence-corrected chi connectivity index (χ0v) is 16.9. The number of allylic oxidation sites excluding steroid dienone is 3. The highest BCUT2D eigenvalue weighted by atomic mass is 16.8. The van der Waals surface area contributed by atoms with Gasteiger partial charge in [0.2, 0.25) is 0 Å². The van der Waals surface area contributed by atoms with E-state index >= 15 is 0 Å². The zero-order chi connectivity index (χ0) is 21.1. The van der Waals surface area contributed by atoms with Crippen LogP contribution in [0.25, 0.3) is 6.08 Å². The van der Waals surface area contributed by atoms with Gasteiger partial charge in [-0.1, -0.05) is 18.2 Å². The smallest absolute Gasteiger partial charge is 0.291 e. The van der Waals surface area contributed by atoms with Crippen LogP contribution in [0.4, 0.5) is 5.69 Å². The third-order valence-electron chi connectivity index (χ3n) is 4.88. The summed E-state index contributed by atoms with van der Waals surface area (Å²) in [5, 5.41) is 19.6. The normalized spacial score (nSPS) is 18.1. The molecule has 1 atom stereocenters. The van der Waals surface area contributed by atoms with Gasteiger partial charge in [-0.3, -0.25) is 10.0 Å².